The largest absolute Gasteiger partial charge is 0.317 e. The molecular formula is C16H24BrClN2. The predicted octanol–water partition coefficient (Wildman–Crippen LogP) is 4.63. The molecule has 1 unspecified atom stereocenters. The van der Waals surface area contributed by atoms with Gasteiger partial charge >= 0.3 is 0 Å². The maximum atomic E-state index is 6.39. The summed E-state index contributed by atoms with van der Waals surface area (Å²) in [5, 5.41) is 4.24. The van der Waals surface area contributed by atoms with Gasteiger partial charge in [-0.2, -0.15) is 0 Å². The Morgan fingerprint density at radius 2 is 1.95 bits per heavy atom. The minimum absolute atomic E-state index is 0.353. The molecule has 4 heteroatoms. The molecule has 0 heterocycles. The van der Waals surface area contributed by atoms with Crippen LogP contribution in [0.15, 0.2) is 22.7 Å². The summed E-state index contributed by atoms with van der Waals surface area (Å²) >= 11 is 9.85. The van der Waals surface area contributed by atoms with Crippen LogP contribution in [0.5, 0.6) is 0 Å². The molecule has 0 spiro atoms. The van der Waals surface area contributed by atoms with Crippen LogP contribution in [0.4, 0.5) is 0 Å². The topological polar surface area (TPSA) is 15.3 Å². The van der Waals surface area contributed by atoms with E-state index < -0.39 is 0 Å². The van der Waals surface area contributed by atoms with Crippen LogP contribution in [-0.4, -0.2) is 31.1 Å². The zero-order valence-corrected chi connectivity index (χ0v) is 14.8. The minimum atomic E-state index is 0.353. The van der Waals surface area contributed by atoms with E-state index in [0.29, 0.717) is 18.1 Å². The van der Waals surface area contributed by atoms with Crippen molar-refractivity contribution in [3.8, 4) is 0 Å². The lowest BCUT2D eigenvalue weighted by Gasteiger charge is -2.38. The Kier molecular flexibility index (Phi) is 5.91. The van der Waals surface area contributed by atoms with Crippen molar-refractivity contribution in [1.82, 2.24) is 10.2 Å². The normalized spacial score (nSPS) is 24.9. The molecule has 0 aromatic heterocycles. The van der Waals surface area contributed by atoms with Crippen LogP contribution in [0, 0.1) is 0 Å². The Labute approximate surface area is 136 Å². The lowest BCUT2D eigenvalue weighted by molar-refractivity contribution is 0.136. The van der Waals surface area contributed by atoms with Gasteiger partial charge in [0, 0.05) is 27.6 Å². The first kappa shape index (κ1) is 16.3. The third-order valence-corrected chi connectivity index (χ3v) is 5.52. The molecule has 1 saturated carbocycles. The smallest absolute Gasteiger partial charge is 0.0464 e. The van der Waals surface area contributed by atoms with Crippen molar-refractivity contribution in [1.29, 1.82) is 0 Å². The van der Waals surface area contributed by atoms with Gasteiger partial charge in [-0.3, -0.25) is 4.90 Å². The molecule has 0 saturated heterocycles. The van der Waals surface area contributed by atoms with Crippen molar-refractivity contribution in [2.75, 3.05) is 14.1 Å². The molecule has 20 heavy (non-hydrogen) atoms. The number of halogens is 2. The minimum Gasteiger partial charge on any atom is -0.317 e. The van der Waals surface area contributed by atoms with E-state index in [4.69, 9.17) is 11.6 Å². The van der Waals surface area contributed by atoms with Crippen LogP contribution >= 0.6 is 27.5 Å². The van der Waals surface area contributed by atoms with Crippen LogP contribution in [-0.2, 0) is 0 Å². The monoisotopic (exact) mass is 358 g/mol. The number of nitrogens with zero attached hydrogens (tertiary/aromatic N) is 1. The summed E-state index contributed by atoms with van der Waals surface area (Å²) in [6, 6.07) is 7.90. The van der Waals surface area contributed by atoms with Crippen molar-refractivity contribution in [2.24, 2.45) is 0 Å². The van der Waals surface area contributed by atoms with Crippen LogP contribution in [0.25, 0.3) is 0 Å². The molecule has 0 radical (unpaired) electrons. The van der Waals surface area contributed by atoms with Gasteiger partial charge in [0.2, 0.25) is 0 Å². The molecule has 0 bridgehead atoms. The lowest BCUT2D eigenvalue weighted by Crippen LogP contribution is -2.40. The van der Waals surface area contributed by atoms with Crippen molar-refractivity contribution in [2.45, 2.75) is 50.7 Å². The van der Waals surface area contributed by atoms with Gasteiger partial charge in [0.25, 0.3) is 0 Å². The van der Waals surface area contributed by atoms with Gasteiger partial charge in [0.1, 0.15) is 0 Å². The summed E-state index contributed by atoms with van der Waals surface area (Å²) in [4.78, 5) is 2.49. The first-order valence-corrected chi connectivity index (χ1v) is 8.54. The molecule has 1 fully saturated rings. The summed E-state index contributed by atoms with van der Waals surface area (Å²) < 4.78 is 1.04. The fraction of sp³-hybridized carbons (Fsp3) is 0.625. The zero-order valence-electron chi connectivity index (χ0n) is 12.5. The Hall–Kier alpha value is -0.0900. The van der Waals surface area contributed by atoms with Gasteiger partial charge in [-0.1, -0.05) is 33.6 Å². The van der Waals surface area contributed by atoms with Gasteiger partial charge in [-0.15, -0.1) is 0 Å². The molecule has 1 aromatic rings. The molecule has 1 aromatic carbocycles. The van der Waals surface area contributed by atoms with E-state index >= 15 is 0 Å². The summed E-state index contributed by atoms with van der Waals surface area (Å²) in [5.74, 6) is 0. The molecule has 1 aliphatic carbocycles. The Morgan fingerprint density at radius 1 is 1.30 bits per heavy atom. The maximum Gasteiger partial charge on any atom is 0.0464 e. The van der Waals surface area contributed by atoms with Crippen LogP contribution < -0.4 is 5.32 Å². The highest BCUT2D eigenvalue weighted by Gasteiger charge is 2.26. The van der Waals surface area contributed by atoms with Crippen LogP contribution in [0.1, 0.15) is 44.2 Å². The Morgan fingerprint density at radius 3 is 2.50 bits per heavy atom. The molecule has 1 N–H and O–H groups in total. The third-order valence-electron chi connectivity index (χ3n) is 4.70. The fourth-order valence-corrected chi connectivity index (χ4v) is 3.98. The van der Waals surface area contributed by atoms with Crippen LogP contribution in [0.2, 0.25) is 5.02 Å². The Bertz CT molecular complexity index is 444. The van der Waals surface area contributed by atoms with E-state index in [1.165, 1.54) is 31.2 Å². The maximum absolute atomic E-state index is 6.39. The van der Waals surface area contributed by atoms with Gasteiger partial charge in [-0.25, -0.2) is 0 Å². The van der Waals surface area contributed by atoms with Gasteiger partial charge in [0.15, 0.2) is 0 Å². The summed E-state index contributed by atoms with van der Waals surface area (Å²) in [7, 11) is 4.30. The van der Waals surface area contributed by atoms with E-state index in [1.54, 1.807) is 0 Å². The van der Waals surface area contributed by atoms with E-state index in [9.17, 15) is 0 Å². The second-order valence-corrected chi connectivity index (χ2v) is 7.12. The molecule has 1 atom stereocenters. The van der Waals surface area contributed by atoms with Gasteiger partial charge in [-0.05, 0) is 64.4 Å². The first-order valence-electron chi connectivity index (χ1n) is 7.37. The van der Waals surface area contributed by atoms with Crippen molar-refractivity contribution >= 4 is 27.5 Å². The third kappa shape index (κ3) is 3.76. The number of benzene rings is 1. The average molecular weight is 360 g/mol. The molecule has 2 rings (SSSR count). The summed E-state index contributed by atoms with van der Waals surface area (Å²) in [5.41, 5.74) is 1.22. The number of hydrogen-bond acceptors (Lipinski definition) is 2. The Balaban J connectivity index is 2.03. The number of nitrogens with one attached hydrogen (secondary N) is 1. The molecule has 2 nitrogen and oxygen atoms in total. The summed E-state index contributed by atoms with van der Waals surface area (Å²) in [6.45, 7) is 2.25. The second-order valence-electron chi connectivity index (χ2n) is 5.80. The molecule has 112 valence electrons. The van der Waals surface area contributed by atoms with Crippen molar-refractivity contribution in [3.63, 3.8) is 0 Å². The molecule has 1 aliphatic rings. The number of hydrogen-bond donors (Lipinski definition) is 1. The lowest BCUT2D eigenvalue weighted by atomic mass is 9.89. The highest BCUT2D eigenvalue weighted by Crippen LogP contribution is 2.33. The van der Waals surface area contributed by atoms with Crippen molar-refractivity contribution < 1.29 is 0 Å². The fourth-order valence-electron chi connectivity index (χ4n) is 3.15. The standard InChI is InChI=1S/C16H24BrClN2/c1-11(15-9-4-12(17)10-16(15)18)20(3)14-7-5-13(19-2)6-8-14/h4,9-11,13-14,19H,5-8H2,1-3H3. The van der Waals surface area contributed by atoms with E-state index in [1.807, 2.05) is 6.07 Å². The van der Waals surface area contributed by atoms with Crippen LogP contribution in [0.3, 0.4) is 0 Å². The molecular weight excluding hydrogens is 336 g/mol. The highest BCUT2D eigenvalue weighted by molar-refractivity contribution is 9.10. The zero-order chi connectivity index (χ0) is 14.7. The van der Waals surface area contributed by atoms with Gasteiger partial charge < -0.3 is 5.32 Å². The SMILES string of the molecule is CNC1CCC(N(C)C(C)c2ccc(Br)cc2Cl)CC1. The van der Waals surface area contributed by atoms with Crippen molar-refractivity contribution in [3.05, 3.63) is 33.3 Å². The first-order chi connectivity index (χ1) is 9.52. The van der Waals surface area contributed by atoms with E-state index in [0.717, 1.165) is 9.50 Å². The van der Waals surface area contributed by atoms with E-state index in [-0.39, 0.29) is 0 Å². The predicted molar refractivity (Wildman–Crippen MR) is 90.4 cm³/mol. The second kappa shape index (κ2) is 7.26. The average Bonchev–Trinajstić information content (AvgIpc) is 2.46. The highest BCUT2D eigenvalue weighted by atomic mass is 79.9. The molecule has 0 amide bonds. The quantitative estimate of drug-likeness (QED) is 0.843. The molecule has 0 aliphatic heterocycles. The van der Waals surface area contributed by atoms with Gasteiger partial charge in [0.05, 0.1) is 0 Å². The number of rotatable bonds is 4. The van der Waals surface area contributed by atoms with E-state index in [2.05, 4.69) is 59.3 Å². The summed E-state index contributed by atoms with van der Waals surface area (Å²) in [6.07, 6.45) is 5.07.